The summed E-state index contributed by atoms with van der Waals surface area (Å²) in [6, 6.07) is 8.10. The van der Waals surface area contributed by atoms with Crippen molar-refractivity contribution in [3.8, 4) is 11.5 Å². The fourth-order valence-corrected chi connectivity index (χ4v) is 4.25. The van der Waals surface area contributed by atoms with E-state index >= 15 is 0 Å². The Labute approximate surface area is 184 Å². The zero-order valence-electron chi connectivity index (χ0n) is 17.0. The quantitative estimate of drug-likeness (QED) is 0.593. The molecule has 1 aromatic heterocycles. The molecule has 0 amide bonds. The molecule has 1 spiro atoms. The Balaban J connectivity index is 1.33. The van der Waals surface area contributed by atoms with Gasteiger partial charge in [-0.05, 0) is 24.3 Å². The number of fused-ring (bicyclic) bond motifs is 1. The van der Waals surface area contributed by atoms with E-state index in [1.807, 2.05) is 12.1 Å². The molecule has 1 N–H and O–H groups in total. The number of rotatable bonds is 7. The van der Waals surface area contributed by atoms with E-state index in [9.17, 15) is 4.39 Å². The molecule has 9 heteroatoms. The Morgan fingerprint density at radius 1 is 1.19 bits per heavy atom. The molecule has 2 aliphatic rings. The first kappa shape index (κ1) is 20.2. The van der Waals surface area contributed by atoms with Gasteiger partial charge < -0.3 is 19.5 Å². The summed E-state index contributed by atoms with van der Waals surface area (Å²) in [4.78, 5) is 11.0. The van der Waals surface area contributed by atoms with E-state index in [0.29, 0.717) is 40.5 Å². The first-order valence-electron chi connectivity index (χ1n) is 10.0. The van der Waals surface area contributed by atoms with Crippen LogP contribution in [0.3, 0.4) is 0 Å². The van der Waals surface area contributed by atoms with Crippen LogP contribution in [0.4, 0.5) is 15.9 Å². The normalized spacial score (nSPS) is 17.3. The van der Waals surface area contributed by atoms with Crippen LogP contribution >= 0.6 is 11.6 Å². The lowest BCUT2D eigenvalue weighted by Gasteiger charge is -2.55. The van der Waals surface area contributed by atoms with Gasteiger partial charge in [0.2, 0.25) is 0 Å². The summed E-state index contributed by atoms with van der Waals surface area (Å²) in [6.45, 7) is 5.26. The van der Waals surface area contributed by atoms with Crippen molar-refractivity contribution in [1.29, 1.82) is 0 Å². The van der Waals surface area contributed by atoms with Crippen molar-refractivity contribution in [3.63, 3.8) is 0 Å². The van der Waals surface area contributed by atoms with Gasteiger partial charge in [-0.25, -0.2) is 14.4 Å². The van der Waals surface area contributed by atoms with E-state index in [1.54, 1.807) is 13.2 Å². The van der Waals surface area contributed by atoms with Crippen LogP contribution < -0.4 is 14.8 Å². The minimum absolute atomic E-state index is 0.0373. The number of nitrogens with zero attached hydrogens (tertiary/aromatic N) is 3. The molecule has 5 rings (SSSR count). The first-order chi connectivity index (χ1) is 15.0. The van der Waals surface area contributed by atoms with E-state index in [2.05, 4.69) is 20.2 Å². The molecule has 2 fully saturated rings. The van der Waals surface area contributed by atoms with E-state index < -0.39 is 5.82 Å². The molecule has 2 saturated heterocycles. The molecule has 31 heavy (non-hydrogen) atoms. The molecule has 7 nitrogen and oxygen atoms in total. The Kier molecular flexibility index (Phi) is 5.29. The summed E-state index contributed by atoms with van der Waals surface area (Å²) >= 11 is 5.90. The highest BCUT2D eigenvalue weighted by atomic mass is 35.5. The maximum Gasteiger partial charge on any atom is 0.162 e. The summed E-state index contributed by atoms with van der Waals surface area (Å²) in [6.07, 6.45) is 1.46. The topological polar surface area (TPSA) is 68.7 Å². The third-order valence-electron chi connectivity index (χ3n) is 5.70. The molecule has 162 valence electrons. The minimum Gasteiger partial charge on any atom is -0.493 e. The van der Waals surface area contributed by atoms with E-state index in [-0.39, 0.29) is 5.02 Å². The molecular weight excluding hydrogens is 423 g/mol. The molecule has 0 bridgehead atoms. The maximum atomic E-state index is 13.5. The number of nitrogens with one attached hydrogen (secondary N) is 1. The summed E-state index contributed by atoms with van der Waals surface area (Å²) in [5.41, 5.74) is 1.71. The van der Waals surface area contributed by atoms with Crippen molar-refractivity contribution >= 4 is 34.0 Å². The molecule has 0 aliphatic carbocycles. The second-order valence-electron chi connectivity index (χ2n) is 8.05. The van der Waals surface area contributed by atoms with Crippen LogP contribution in [0.5, 0.6) is 11.5 Å². The molecule has 3 aromatic rings. The number of halogens is 2. The standard InChI is InChI=1S/C22H22ClFN4O3/c1-29-19-8-18-15(7-20(19)31-5-4-28-9-22(10-28)11-30-12-22)21(26-13-25-18)27-14-2-3-17(24)16(23)6-14/h2-3,6-8,13H,4-5,9-12H2,1H3,(H,25,26,27). The molecule has 0 atom stereocenters. The predicted octanol–water partition coefficient (Wildman–Crippen LogP) is 3.89. The van der Waals surface area contributed by atoms with Gasteiger partial charge in [-0.15, -0.1) is 0 Å². The average Bonchev–Trinajstić information content (AvgIpc) is 2.71. The van der Waals surface area contributed by atoms with Crippen LogP contribution in [0.25, 0.3) is 10.9 Å². The monoisotopic (exact) mass is 444 g/mol. The van der Waals surface area contributed by atoms with Crippen LogP contribution in [0, 0.1) is 11.2 Å². The zero-order chi connectivity index (χ0) is 21.4. The van der Waals surface area contributed by atoms with Crippen molar-refractivity contribution in [1.82, 2.24) is 14.9 Å². The van der Waals surface area contributed by atoms with Gasteiger partial charge in [0.1, 0.15) is 24.6 Å². The number of likely N-dealkylation sites (tertiary alicyclic amines) is 1. The molecule has 0 radical (unpaired) electrons. The number of anilines is 2. The van der Waals surface area contributed by atoms with E-state index in [4.69, 9.17) is 25.8 Å². The Hall–Kier alpha value is -2.68. The van der Waals surface area contributed by atoms with E-state index in [1.165, 1.54) is 18.5 Å². The number of ether oxygens (including phenoxy) is 3. The number of aromatic nitrogens is 2. The van der Waals surface area contributed by atoms with Crippen LogP contribution in [0.15, 0.2) is 36.7 Å². The van der Waals surface area contributed by atoms with Crippen LogP contribution in [0.1, 0.15) is 0 Å². The van der Waals surface area contributed by atoms with Gasteiger partial charge in [0.25, 0.3) is 0 Å². The van der Waals surface area contributed by atoms with Gasteiger partial charge in [-0.3, -0.25) is 4.90 Å². The SMILES string of the molecule is COc1cc2ncnc(Nc3ccc(F)c(Cl)c3)c2cc1OCCN1CC2(COC2)C1. The highest BCUT2D eigenvalue weighted by Crippen LogP contribution is 2.38. The number of methoxy groups -OCH3 is 1. The fourth-order valence-electron chi connectivity index (χ4n) is 4.07. The third-order valence-corrected chi connectivity index (χ3v) is 5.99. The van der Waals surface area contributed by atoms with Crippen molar-refractivity contribution < 1.29 is 18.6 Å². The largest absolute Gasteiger partial charge is 0.493 e. The second kappa shape index (κ2) is 8.11. The second-order valence-corrected chi connectivity index (χ2v) is 8.46. The van der Waals surface area contributed by atoms with Gasteiger partial charge >= 0.3 is 0 Å². The Morgan fingerprint density at radius 2 is 2.03 bits per heavy atom. The number of benzene rings is 2. The zero-order valence-corrected chi connectivity index (χ0v) is 17.8. The molecule has 0 unspecified atom stereocenters. The molecule has 3 heterocycles. The van der Waals surface area contributed by atoms with E-state index in [0.717, 1.165) is 38.2 Å². The Bertz CT molecular complexity index is 1120. The molecule has 0 saturated carbocycles. The highest BCUT2D eigenvalue weighted by Gasteiger charge is 2.48. The minimum atomic E-state index is -0.474. The van der Waals surface area contributed by atoms with Crippen molar-refractivity contribution in [2.75, 3.05) is 51.9 Å². The summed E-state index contributed by atoms with van der Waals surface area (Å²) < 4.78 is 30.3. The lowest BCUT2D eigenvalue weighted by Crippen LogP contribution is -2.66. The lowest BCUT2D eigenvalue weighted by molar-refractivity contribution is -0.189. The number of hydrogen-bond donors (Lipinski definition) is 1. The molecule has 2 aromatic carbocycles. The van der Waals surface area contributed by atoms with Crippen molar-refractivity contribution in [2.45, 2.75) is 0 Å². The van der Waals surface area contributed by atoms with Gasteiger partial charge in [0.05, 0.1) is 30.9 Å². The molecular formula is C22H22ClFN4O3. The summed E-state index contributed by atoms with van der Waals surface area (Å²) in [5.74, 6) is 1.31. The number of hydrogen-bond acceptors (Lipinski definition) is 7. The van der Waals surface area contributed by atoms with Gasteiger partial charge in [0, 0.05) is 42.2 Å². The van der Waals surface area contributed by atoms with Crippen LogP contribution in [-0.2, 0) is 4.74 Å². The molecule has 2 aliphatic heterocycles. The lowest BCUT2D eigenvalue weighted by atomic mass is 9.78. The van der Waals surface area contributed by atoms with Gasteiger partial charge in [-0.1, -0.05) is 11.6 Å². The van der Waals surface area contributed by atoms with Crippen molar-refractivity contribution in [3.05, 3.63) is 47.5 Å². The maximum absolute atomic E-state index is 13.5. The van der Waals surface area contributed by atoms with Gasteiger partial charge in [0.15, 0.2) is 11.5 Å². The smallest absolute Gasteiger partial charge is 0.162 e. The van der Waals surface area contributed by atoms with Gasteiger partial charge in [-0.2, -0.15) is 0 Å². The average molecular weight is 445 g/mol. The third kappa shape index (κ3) is 3.98. The summed E-state index contributed by atoms with van der Waals surface area (Å²) in [7, 11) is 1.60. The van der Waals surface area contributed by atoms with Crippen LogP contribution in [0.2, 0.25) is 5.02 Å². The first-order valence-corrected chi connectivity index (χ1v) is 10.4. The summed E-state index contributed by atoms with van der Waals surface area (Å²) in [5, 5.41) is 3.97. The van der Waals surface area contributed by atoms with Crippen LogP contribution in [-0.4, -0.2) is 61.4 Å². The highest BCUT2D eigenvalue weighted by molar-refractivity contribution is 6.31. The van der Waals surface area contributed by atoms with Crippen molar-refractivity contribution in [2.24, 2.45) is 5.41 Å². The Morgan fingerprint density at radius 3 is 2.74 bits per heavy atom. The fraction of sp³-hybridized carbons (Fsp3) is 0.364. The predicted molar refractivity (Wildman–Crippen MR) is 116 cm³/mol.